The van der Waals surface area contributed by atoms with Crippen molar-refractivity contribution < 1.29 is 18.3 Å². The van der Waals surface area contributed by atoms with Crippen molar-refractivity contribution in [2.75, 3.05) is 46.4 Å². The quantitative estimate of drug-likeness (QED) is 0.922. The Bertz CT molecular complexity index is 456. The van der Waals surface area contributed by atoms with Crippen LogP contribution in [0.4, 0.5) is 13.2 Å². The maximum atomic E-state index is 13.1. The van der Waals surface area contributed by atoms with Crippen LogP contribution in [0.1, 0.15) is 17.0 Å². The highest BCUT2D eigenvalue weighted by atomic mass is 19.4. The third kappa shape index (κ3) is 4.18. The number of benzene rings is 1. The molecule has 1 aromatic carbocycles. The van der Waals surface area contributed by atoms with E-state index in [9.17, 15) is 18.3 Å². The summed E-state index contributed by atoms with van der Waals surface area (Å²) in [6.07, 6.45) is -4.38. The summed E-state index contributed by atoms with van der Waals surface area (Å²) in [5.41, 5.74) is -0.454. The Kier molecular flexibility index (Phi) is 5.24. The van der Waals surface area contributed by atoms with E-state index in [0.717, 1.165) is 32.2 Å². The van der Waals surface area contributed by atoms with Gasteiger partial charge < -0.3 is 14.9 Å². The molecule has 0 amide bonds. The lowest BCUT2D eigenvalue weighted by atomic mass is 9.93. The van der Waals surface area contributed by atoms with Gasteiger partial charge in [-0.05, 0) is 18.7 Å². The van der Waals surface area contributed by atoms with Crippen LogP contribution in [0.25, 0.3) is 0 Å². The van der Waals surface area contributed by atoms with Gasteiger partial charge in [0, 0.05) is 38.6 Å². The van der Waals surface area contributed by atoms with E-state index in [4.69, 9.17) is 0 Å². The zero-order chi connectivity index (χ0) is 15.5. The van der Waals surface area contributed by atoms with E-state index in [1.165, 1.54) is 12.1 Å². The number of hydrogen-bond donors (Lipinski definition) is 1. The fourth-order valence-electron chi connectivity index (χ4n) is 2.71. The minimum Gasteiger partial charge on any atom is -0.396 e. The standard InChI is InChI=1S/C15H21F3N2O/c1-19-6-8-20(9-7-19)10-12(11-21)13-4-2-3-5-14(13)15(16,17)18/h2-5,12,21H,6-11H2,1H3. The molecule has 0 aromatic heterocycles. The van der Waals surface area contributed by atoms with Crippen LogP contribution in [-0.4, -0.2) is 61.3 Å². The molecule has 0 spiro atoms. The summed E-state index contributed by atoms with van der Waals surface area (Å²) < 4.78 is 39.2. The summed E-state index contributed by atoms with van der Waals surface area (Å²) in [6, 6.07) is 5.54. The van der Waals surface area contributed by atoms with Crippen LogP contribution in [0.15, 0.2) is 24.3 Å². The largest absolute Gasteiger partial charge is 0.416 e. The molecule has 6 heteroatoms. The fourth-order valence-corrected chi connectivity index (χ4v) is 2.71. The van der Waals surface area contributed by atoms with Crippen molar-refractivity contribution in [1.82, 2.24) is 9.80 Å². The molecule has 0 aliphatic carbocycles. The van der Waals surface area contributed by atoms with Gasteiger partial charge in [-0.2, -0.15) is 13.2 Å². The molecule has 1 aromatic rings. The smallest absolute Gasteiger partial charge is 0.396 e. The zero-order valence-electron chi connectivity index (χ0n) is 12.1. The van der Waals surface area contributed by atoms with Crippen molar-refractivity contribution >= 4 is 0 Å². The summed E-state index contributed by atoms with van der Waals surface area (Å²) in [5, 5.41) is 9.55. The summed E-state index contributed by atoms with van der Waals surface area (Å²) in [4.78, 5) is 4.31. The van der Waals surface area contributed by atoms with Gasteiger partial charge in [0.25, 0.3) is 0 Å². The lowest BCUT2D eigenvalue weighted by Gasteiger charge is -2.34. The molecule has 1 fully saturated rings. The molecule has 1 heterocycles. The van der Waals surface area contributed by atoms with Gasteiger partial charge in [0.2, 0.25) is 0 Å². The molecule has 0 saturated carbocycles. The molecule has 0 radical (unpaired) electrons. The number of aliphatic hydroxyl groups excluding tert-OH is 1. The highest BCUT2D eigenvalue weighted by Gasteiger charge is 2.35. The Balaban J connectivity index is 2.14. The van der Waals surface area contributed by atoms with E-state index in [0.29, 0.717) is 6.54 Å². The maximum Gasteiger partial charge on any atom is 0.416 e. The Morgan fingerprint density at radius 2 is 1.76 bits per heavy atom. The van der Waals surface area contributed by atoms with Crippen LogP contribution in [0.2, 0.25) is 0 Å². The molecule has 2 rings (SSSR count). The monoisotopic (exact) mass is 302 g/mol. The number of piperazine rings is 1. The van der Waals surface area contributed by atoms with E-state index < -0.39 is 17.7 Å². The predicted octanol–water partition coefficient (Wildman–Crippen LogP) is 2.03. The minimum absolute atomic E-state index is 0.187. The van der Waals surface area contributed by atoms with Gasteiger partial charge in [-0.3, -0.25) is 0 Å². The summed E-state index contributed by atoms with van der Waals surface area (Å²) in [7, 11) is 2.03. The van der Waals surface area contributed by atoms with Crippen molar-refractivity contribution in [2.45, 2.75) is 12.1 Å². The molecular formula is C15H21F3N2O. The normalized spacial score (nSPS) is 19.7. The molecule has 1 aliphatic rings. The van der Waals surface area contributed by atoms with E-state index in [1.54, 1.807) is 6.07 Å². The van der Waals surface area contributed by atoms with Gasteiger partial charge in [0.15, 0.2) is 0 Å². The first-order chi connectivity index (χ1) is 9.91. The molecule has 1 N–H and O–H groups in total. The first-order valence-corrected chi connectivity index (χ1v) is 7.09. The number of likely N-dealkylation sites (N-methyl/N-ethyl adjacent to an activating group) is 1. The number of alkyl halides is 3. The first-order valence-electron chi connectivity index (χ1n) is 7.09. The van der Waals surface area contributed by atoms with Crippen molar-refractivity contribution in [1.29, 1.82) is 0 Å². The van der Waals surface area contributed by atoms with Gasteiger partial charge >= 0.3 is 6.18 Å². The Labute approximate surface area is 123 Å². The second kappa shape index (κ2) is 6.77. The molecular weight excluding hydrogens is 281 g/mol. The van der Waals surface area contributed by atoms with Crippen molar-refractivity contribution in [3.05, 3.63) is 35.4 Å². The van der Waals surface area contributed by atoms with Crippen LogP contribution in [0.5, 0.6) is 0 Å². The van der Waals surface area contributed by atoms with Crippen LogP contribution in [0, 0.1) is 0 Å². The molecule has 1 atom stereocenters. The second-order valence-electron chi connectivity index (χ2n) is 5.57. The Morgan fingerprint density at radius 1 is 1.14 bits per heavy atom. The molecule has 21 heavy (non-hydrogen) atoms. The van der Waals surface area contributed by atoms with Gasteiger partial charge in [0.05, 0.1) is 12.2 Å². The Morgan fingerprint density at radius 3 is 2.33 bits per heavy atom. The molecule has 0 bridgehead atoms. The predicted molar refractivity (Wildman–Crippen MR) is 75.2 cm³/mol. The first kappa shape index (κ1) is 16.3. The van der Waals surface area contributed by atoms with Crippen LogP contribution >= 0.6 is 0 Å². The van der Waals surface area contributed by atoms with E-state index >= 15 is 0 Å². The lowest BCUT2D eigenvalue weighted by molar-refractivity contribution is -0.138. The molecule has 1 aliphatic heterocycles. The zero-order valence-corrected chi connectivity index (χ0v) is 12.1. The average molecular weight is 302 g/mol. The minimum atomic E-state index is -4.38. The maximum absolute atomic E-state index is 13.1. The molecule has 3 nitrogen and oxygen atoms in total. The molecule has 118 valence electrons. The highest BCUT2D eigenvalue weighted by Crippen LogP contribution is 2.35. The SMILES string of the molecule is CN1CCN(CC(CO)c2ccccc2C(F)(F)F)CC1. The summed E-state index contributed by atoms with van der Waals surface area (Å²) in [5.74, 6) is -0.508. The number of halogens is 3. The van der Waals surface area contributed by atoms with E-state index in [1.807, 2.05) is 7.05 Å². The highest BCUT2D eigenvalue weighted by molar-refractivity contribution is 5.33. The number of rotatable bonds is 4. The van der Waals surface area contributed by atoms with E-state index in [-0.39, 0.29) is 12.2 Å². The summed E-state index contributed by atoms with van der Waals surface area (Å²) in [6.45, 7) is 3.62. The molecule has 1 unspecified atom stereocenters. The fraction of sp³-hybridized carbons (Fsp3) is 0.600. The number of nitrogens with zero attached hydrogens (tertiary/aromatic N) is 2. The second-order valence-corrected chi connectivity index (χ2v) is 5.57. The van der Waals surface area contributed by atoms with Gasteiger partial charge in [0.1, 0.15) is 0 Å². The van der Waals surface area contributed by atoms with Crippen LogP contribution in [0.3, 0.4) is 0 Å². The number of aliphatic hydroxyl groups is 1. The van der Waals surface area contributed by atoms with Crippen molar-refractivity contribution in [2.24, 2.45) is 0 Å². The van der Waals surface area contributed by atoms with Crippen molar-refractivity contribution in [3.63, 3.8) is 0 Å². The van der Waals surface area contributed by atoms with Gasteiger partial charge in [-0.1, -0.05) is 18.2 Å². The number of hydrogen-bond acceptors (Lipinski definition) is 3. The van der Waals surface area contributed by atoms with Crippen LogP contribution in [-0.2, 0) is 6.18 Å². The summed E-state index contributed by atoms with van der Waals surface area (Å²) >= 11 is 0. The third-order valence-corrected chi connectivity index (χ3v) is 4.00. The van der Waals surface area contributed by atoms with E-state index in [2.05, 4.69) is 9.80 Å². The topological polar surface area (TPSA) is 26.7 Å². The van der Waals surface area contributed by atoms with Crippen LogP contribution < -0.4 is 0 Å². The average Bonchev–Trinajstić information content (AvgIpc) is 2.46. The van der Waals surface area contributed by atoms with Crippen molar-refractivity contribution in [3.8, 4) is 0 Å². The van der Waals surface area contributed by atoms with Gasteiger partial charge in [-0.15, -0.1) is 0 Å². The Hall–Kier alpha value is -1.11. The lowest BCUT2D eigenvalue weighted by Crippen LogP contribution is -2.46. The van der Waals surface area contributed by atoms with Gasteiger partial charge in [-0.25, -0.2) is 0 Å². The molecule has 1 saturated heterocycles. The third-order valence-electron chi connectivity index (χ3n) is 4.00.